The smallest absolute Gasteiger partial charge is 0.254 e. The second-order valence-electron chi connectivity index (χ2n) is 7.83. The fourth-order valence-electron chi connectivity index (χ4n) is 3.98. The maximum Gasteiger partial charge on any atom is 0.254 e. The third kappa shape index (κ3) is 5.57. The molecule has 0 radical (unpaired) electrons. The number of nitrogens with zero attached hydrogens (tertiary/aromatic N) is 3. The van der Waals surface area contributed by atoms with Crippen molar-refractivity contribution < 1.29 is 14.3 Å². The van der Waals surface area contributed by atoms with Gasteiger partial charge in [-0.05, 0) is 35.9 Å². The molecule has 2 aromatic rings. The molecular weight excluding hydrogens is 437 g/mol. The zero-order valence-corrected chi connectivity index (χ0v) is 18.7. The number of ether oxygens (including phenoxy) is 1. The SMILES string of the molecule is O=C(c1cc(Cl)cc(Cl)c1)N1CCN(C(=O)c2cccc(CN3CCOCC3)c2)CC1. The average molecular weight is 462 g/mol. The third-order valence-corrected chi connectivity index (χ3v) is 6.08. The van der Waals surface area contributed by atoms with Crippen LogP contribution in [0.25, 0.3) is 0 Å². The van der Waals surface area contributed by atoms with E-state index in [1.807, 2.05) is 23.1 Å². The highest BCUT2D eigenvalue weighted by Gasteiger charge is 2.26. The molecule has 2 aromatic carbocycles. The lowest BCUT2D eigenvalue weighted by Gasteiger charge is -2.35. The molecule has 2 amide bonds. The lowest BCUT2D eigenvalue weighted by Crippen LogP contribution is -2.50. The molecule has 2 aliphatic heterocycles. The minimum atomic E-state index is -0.121. The Balaban J connectivity index is 1.35. The van der Waals surface area contributed by atoms with Crippen LogP contribution >= 0.6 is 23.2 Å². The monoisotopic (exact) mass is 461 g/mol. The molecule has 2 fully saturated rings. The molecule has 2 heterocycles. The number of halogens is 2. The molecule has 0 unspecified atom stereocenters. The molecule has 0 N–H and O–H groups in total. The van der Waals surface area contributed by atoms with Gasteiger partial charge in [0.15, 0.2) is 0 Å². The first kappa shape index (κ1) is 22.1. The second-order valence-corrected chi connectivity index (χ2v) is 8.70. The van der Waals surface area contributed by atoms with Gasteiger partial charge in [-0.25, -0.2) is 0 Å². The lowest BCUT2D eigenvalue weighted by atomic mass is 10.1. The molecule has 4 rings (SSSR count). The standard InChI is InChI=1S/C23H25Cl2N3O3/c24-20-13-19(14-21(25)15-20)23(30)28-6-4-27(5-7-28)22(29)18-3-1-2-17(12-18)16-26-8-10-31-11-9-26/h1-3,12-15H,4-11,16H2. The quantitative estimate of drug-likeness (QED) is 0.699. The van der Waals surface area contributed by atoms with Gasteiger partial charge >= 0.3 is 0 Å². The number of carbonyl (C=O) groups is 2. The van der Waals surface area contributed by atoms with Crippen molar-refractivity contribution in [2.45, 2.75) is 6.54 Å². The highest BCUT2D eigenvalue weighted by Crippen LogP contribution is 2.21. The molecule has 0 aliphatic carbocycles. The van der Waals surface area contributed by atoms with Crippen LogP contribution in [0.4, 0.5) is 0 Å². The first-order valence-electron chi connectivity index (χ1n) is 10.4. The average Bonchev–Trinajstić information content (AvgIpc) is 2.78. The van der Waals surface area contributed by atoms with Gasteiger partial charge in [-0.2, -0.15) is 0 Å². The zero-order valence-electron chi connectivity index (χ0n) is 17.2. The Bertz CT molecular complexity index is 935. The summed E-state index contributed by atoms with van der Waals surface area (Å²) in [4.78, 5) is 31.7. The van der Waals surface area contributed by atoms with Crippen LogP contribution in [0.15, 0.2) is 42.5 Å². The van der Waals surface area contributed by atoms with Crippen LogP contribution < -0.4 is 0 Å². The Kier molecular flexibility index (Phi) is 7.13. The highest BCUT2D eigenvalue weighted by atomic mass is 35.5. The van der Waals surface area contributed by atoms with Crippen LogP contribution in [0.3, 0.4) is 0 Å². The third-order valence-electron chi connectivity index (χ3n) is 5.65. The van der Waals surface area contributed by atoms with E-state index in [4.69, 9.17) is 27.9 Å². The summed E-state index contributed by atoms with van der Waals surface area (Å²) >= 11 is 12.0. The van der Waals surface area contributed by atoms with Crippen molar-refractivity contribution in [2.24, 2.45) is 0 Å². The predicted octanol–water partition coefficient (Wildman–Crippen LogP) is 3.42. The van der Waals surface area contributed by atoms with Crippen molar-refractivity contribution in [1.82, 2.24) is 14.7 Å². The van der Waals surface area contributed by atoms with Crippen molar-refractivity contribution in [1.29, 1.82) is 0 Å². The molecule has 2 saturated heterocycles. The van der Waals surface area contributed by atoms with Gasteiger partial charge < -0.3 is 14.5 Å². The van der Waals surface area contributed by atoms with E-state index in [2.05, 4.69) is 11.0 Å². The summed E-state index contributed by atoms with van der Waals surface area (Å²) in [7, 11) is 0. The highest BCUT2D eigenvalue weighted by molar-refractivity contribution is 6.35. The van der Waals surface area contributed by atoms with E-state index in [0.29, 0.717) is 47.4 Å². The maximum atomic E-state index is 13.0. The largest absolute Gasteiger partial charge is 0.379 e. The van der Waals surface area contributed by atoms with Gasteiger partial charge in [0.1, 0.15) is 0 Å². The Morgan fingerprint density at radius 3 is 1.97 bits per heavy atom. The fraction of sp³-hybridized carbons (Fsp3) is 0.391. The molecule has 164 valence electrons. The molecule has 0 bridgehead atoms. The first-order chi connectivity index (χ1) is 15.0. The number of carbonyl (C=O) groups excluding carboxylic acids is 2. The summed E-state index contributed by atoms with van der Waals surface area (Å²) in [6, 6.07) is 12.7. The maximum absolute atomic E-state index is 13.0. The number of rotatable bonds is 4. The van der Waals surface area contributed by atoms with E-state index >= 15 is 0 Å². The van der Waals surface area contributed by atoms with Gasteiger partial charge in [0.25, 0.3) is 11.8 Å². The van der Waals surface area contributed by atoms with Crippen LogP contribution in [0.1, 0.15) is 26.3 Å². The second kappa shape index (κ2) is 10.0. The van der Waals surface area contributed by atoms with E-state index in [1.54, 1.807) is 23.1 Å². The van der Waals surface area contributed by atoms with Crippen molar-refractivity contribution in [3.05, 3.63) is 69.2 Å². The molecule has 8 heteroatoms. The number of morpholine rings is 1. The predicted molar refractivity (Wildman–Crippen MR) is 121 cm³/mol. The molecule has 0 atom stereocenters. The minimum absolute atomic E-state index is 0.00160. The summed E-state index contributed by atoms with van der Waals surface area (Å²) in [6.07, 6.45) is 0. The molecule has 0 spiro atoms. The Labute approximate surface area is 192 Å². The Morgan fingerprint density at radius 2 is 1.35 bits per heavy atom. The summed E-state index contributed by atoms with van der Waals surface area (Å²) < 4.78 is 5.40. The summed E-state index contributed by atoms with van der Waals surface area (Å²) in [5.41, 5.74) is 2.28. The Hall–Kier alpha value is -2.12. The number of hydrogen-bond acceptors (Lipinski definition) is 4. The van der Waals surface area contributed by atoms with E-state index in [1.165, 1.54) is 0 Å². The van der Waals surface area contributed by atoms with Crippen molar-refractivity contribution in [2.75, 3.05) is 52.5 Å². The molecule has 0 aromatic heterocycles. The molecule has 2 aliphatic rings. The normalized spacial score (nSPS) is 17.6. The van der Waals surface area contributed by atoms with Crippen LogP contribution in [0.2, 0.25) is 10.0 Å². The number of amides is 2. The van der Waals surface area contributed by atoms with Crippen molar-refractivity contribution >= 4 is 35.0 Å². The summed E-state index contributed by atoms with van der Waals surface area (Å²) in [6.45, 7) is 6.07. The molecule has 6 nitrogen and oxygen atoms in total. The minimum Gasteiger partial charge on any atom is -0.379 e. The number of piperazine rings is 1. The first-order valence-corrected chi connectivity index (χ1v) is 11.2. The number of benzene rings is 2. The van der Waals surface area contributed by atoms with Gasteiger partial charge in [0.2, 0.25) is 0 Å². The van der Waals surface area contributed by atoms with Crippen LogP contribution in [-0.4, -0.2) is 79.0 Å². The molecule has 0 saturated carbocycles. The van der Waals surface area contributed by atoms with Crippen molar-refractivity contribution in [3.63, 3.8) is 0 Å². The zero-order chi connectivity index (χ0) is 21.8. The van der Waals surface area contributed by atoms with Gasteiger partial charge in [-0.3, -0.25) is 14.5 Å². The fourth-order valence-corrected chi connectivity index (χ4v) is 4.50. The van der Waals surface area contributed by atoms with Crippen LogP contribution in [-0.2, 0) is 11.3 Å². The van der Waals surface area contributed by atoms with E-state index in [9.17, 15) is 9.59 Å². The number of hydrogen-bond donors (Lipinski definition) is 0. The van der Waals surface area contributed by atoms with Gasteiger partial charge in [0, 0.05) is 67.0 Å². The molecular formula is C23H25Cl2N3O3. The van der Waals surface area contributed by atoms with E-state index < -0.39 is 0 Å². The Morgan fingerprint density at radius 1 is 0.774 bits per heavy atom. The lowest BCUT2D eigenvalue weighted by molar-refractivity contribution is 0.0341. The van der Waals surface area contributed by atoms with E-state index in [-0.39, 0.29) is 11.8 Å². The summed E-state index contributed by atoms with van der Waals surface area (Å²) in [5.74, 6) is -0.120. The topological polar surface area (TPSA) is 53.1 Å². The van der Waals surface area contributed by atoms with Gasteiger partial charge in [0.05, 0.1) is 13.2 Å². The van der Waals surface area contributed by atoms with Crippen LogP contribution in [0, 0.1) is 0 Å². The summed E-state index contributed by atoms with van der Waals surface area (Å²) in [5, 5.41) is 0.864. The van der Waals surface area contributed by atoms with Crippen LogP contribution in [0.5, 0.6) is 0 Å². The van der Waals surface area contributed by atoms with Gasteiger partial charge in [-0.15, -0.1) is 0 Å². The molecule has 31 heavy (non-hydrogen) atoms. The van der Waals surface area contributed by atoms with E-state index in [0.717, 1.165) is 38.4 Å². The van der Waals surface area contributed by atoms with Crippen molar-refractivity contribution in [3.8, 4) is 0 Å². The van der Waals surface area contributed by atoms with Gasteiger partial charge in [-0.1, -0.05) is 35.3 Å².